The van der Waals surface area contributed by atoms with Gasteiger partial charge in [-0.15, -0.1) is 0 Å². The lowest BCUT2D eigenvalue weighted by Crippen LogP contribution is -2.12. The normalized spacial score (nSPS) is 11.2. The van der Waals surface area contributed by atoms with E-state index in [1.54, 1.807) is 18.2 Å². The fraction of sp³-hybridized carbons (Fsp3) is 0.350. The van der Waals surface area contributed by atoms with Gasteiger partial charge in [0.25, 0.3) is 0 Å². The van der Waals surface area contributed by atoms with Gasteiger partial charge < -0.3 is 9.47 Å². The van der Waals surface area contributed by atoms with E-state index in [1.165, 1.54) is 0 Å². The maximum Gasteiger partial charge on any atom is 0.462 e. The first-order valence-electron chi connectivity index (χ1n) is 8.38. The molecule has 0 saturated carbocycles. The minimum atomic E-state index is -2.31. The fourth-order valence-electron chi connectivity index (χ4n) is 2.95. The molecule has 0 aliphatic rings. The molecule has 2 aromatic carbocycles. The number of hydrogen-bond donors (Lipinski definition) is 0. The molecule has 0 aliphatic carbocycles. The van der Waals surface area contributed by atoms with Crippen LogP contribution in [0.4, 0.5) is 0 Å². The third kappa shape index (κ3) is 4.08. The van der Waals surface area contributed by atoms with Crippen molar-refractivity contribution in [2.75, 3.05) is 13.2 Å². The summed E-state index contributed by atoms with van der Waals surface area (Å²) < 4.78 is 24.3. The summed E-state index contributed by atoms with van der Waals surface area (Å²) in [4.78, 5) is 12.9. The molecular weight excluding hydrogens is 335 g/mol. The van der Waals surface area contributed by atoms with Crippen molar-refractivity contribution in [3.8, 4) is 11.5 Å². The van der Waals surface area contributed by atoms with Crippen molar-refractivity contribution >= 4 is 18.6 Å². The van der Waals surface area contributed by atoms with E-state index < -0.39 is 7.80 Å². The Labute approximate surface area is 150 Å². The van der Waals surface area contributed by atoms with Gasteiger partial charge in [-0.05, 0) is 57.9 Å². The Morgan fingerprint density at radius 2 is 1.60 bits per heavy atom. The quantitative estimate of drug-likeness (QED) is 0.672. The van der Waals surface area contributed by atoms with E-state index in [9.17, 15) is 9.36 Å². The molecule has 0 bridgehead atoms. The van der Waals surface area contributed by atoms with Crippen LogP contribution in [0.15, 0.2) is 30.3 Å². The molecule has 0 heterocycles. The smallest absolute Gasteiger partial charge is 0.462 e. The molecular formula is C20H24O4P+. The molecule has 0 spiro atoms. The highest BCUT2D eigenvalue weighted by Crippen LogP contribution is 2.37. The van der Waals surface area contributed by atoms with Crippen LogP contribution in [0, 0.1) is 20.8 Å². The molecule has 0 aromatic heterocycles. The molecule has 0 amide bonds. The number of rotatable bonds is 7. The van der Waals surface area contributed by atoms with Crippen LogP contribution >= 0.6 is 7.80 Å². The highest BCUT2D eigenvalue weighted by Gasteiger charge is 2.38. The molecule has 0 aliphatic heterocycles. The fourth-order valence-corrected chi connectivity index (χ4v) is 4.31. The molecule has 0 saturated heterocycles. The zero-order valence-corrected chi connectivity index (χ0v) is 16.3. The summed E-state index contributed by atoms with van der Waals surface area (Å²) in [6.07, 6.45) is 0. The van der Waals surface area contributed by atoms with Gasteiger partial charge in [-0.25, -0.2) is 4.79 Å². The first kappa shape index (κ1) is 19.1. The summed E-state index contributed by atoms with van der Waals surface area (Å²) in [7, 11) is -2.31. The minimum absolute atomic E-state index is 0.375. The minimum Gasteiger partial charge on any atom is -0.490 e. The Morgan fingerprint density at radius 1 is 1.00 bits per heavy atom. The average molecular weight is 359 g/mol. The van der Waals surface area contributed by atoms with E-state index in [4.69, 9.17) is 9.47 Å². The summed E-state index contributed by atoms with van der Waals surface area (Å²) in [6, 6.07) is 9.03. The molecule has 0 N–H and O–H groups in total. The van der Waals surface area contributed by atoms with Gasteiger partial charge in [0, 0.05) is 0 Å². The first-order valence-corrected chi connectivity index (χ1v) is 9.64. The third-order valence-corrected chi connectivity index (χ3v) is 5.22. The topological polar surface area (TPSA) is 52.6 Å². The second kappa shape index (κ2) is 8.26. The van der Waals surface area contributed by atoms with Gasteiger partial charge in [0.1, 0.15) is 0 Å². The summed E-state index contributed by atoms with van der Waals surface area (Å²) in [6.45, 7) is 10.3. The van der Waals surface area contributed by atoms with Crippen LogP contribution < -0.4 is 14.8 Å². The van der Waals surface area contributed by atoms with Crippen LogP contribution in [0.25, 0.3) is 0 Å². The summed E-state index contributed by atoms with van der Waals surface area (Å²) in [5.41, 5.74) is 2.90. The molecule has 5 heteroatoms. The summed E-state index contributed by atoms with van der Waals surface area (Å²) >= 11 is 0. The van der Waals surface area contributed by atoms with Crippen molar-refractivity contribution in [2.45, 2.75) is 34.6 Å². The number of benzene rings is 2. The monoisotopic (exact) mass is 359 g/mol. The van der Waals surface area contributed by atoms with Crippen molar-refractivity contribution in [3.05, 3.63) is 52.6 Å². The Kier molecular flexibility index (Phi) is 6.33. The van der Waals surface area contributed by atoms with E-state index >= 15 is 0 Å². The van der Waals surface area contributed by atoms with Crippen LogP contribution in [0.1, 0.15) is 40.9 Å². The molecule has 2 rings (SSSR count). The number of aryl methyl sites for hydroxylation is 3. The highest BCUT2D eigenvalue weighted by atomic mass is 31.1. The van der Waals surface area contributed by atoms with Crippen LogP contribution in [0.3, 0.4) is 0 Å². The van der Waals surface area contributed by atoms with E-state index in [0.29, 0.717) is 35.6 Å². The van der Waals surface area contributed by atoms with Crippen LogP contribution in [-0.4, -0.2) is 18.7 Å². The molecule has 0 fully saturated rings. The number of carbonyl (C=O) groups excluding carboxylic acids is 1. The molecule has 4 nitrogen and oxygen atoms in total. The lowest BCUT2D eigenvalue weighted by atomic mass is 10.0. The van der Waals surface area contributed by atoms with Crippen molar-refractivity contribution in [1.82, 2.24) is 0 Å². The largest absolute Gasteiger partial charge is 0.490 e. The van der Waals surface area contributed by atoms with Crippen molar-refractivity contribution in [2.24, 2.45) is 0 Å². The molecule has 2 aromatic rings. The molecule has 1 atom stereocenters. The number of hydrogen-bond acceptors (Lipinski definition) is 4. The zero-order valence-electron chi connectivity index (χ0n) is 15.4. The standard InChI is InChI=1S/C20H24O4P/c1-6-23-16-9-8-10-17(19(16)24-7-2)25(22)20(21)18-14(4)11-13(3)12-15(18)5/h8-12H,6-7H2,1-5H3/q+1. The molecule has 1 unspecified atom stereocenters. The van der Waals surface area contributed by atoms with Gasteiger partial charge in [0.15, 0.2) is 5.75 Å². The average Bonchev–Trinajstić information content (AvgIpc) is 2.55. The Hall–Kier alpha value is -2.19. The molecule has 25 heavy (non-hydrogen) atoms. The van der Waals surface area contributed by atoms with Gasteiger partial charge >= 0.3 is 13.3 Å². The van der Waals surface area contributed by atoms with E-state index in [0.717, 1.165) is 16.7 Å². The van der Waals surface area contributed by atoms with Crippen molar-refractivity contribution < 1.29 is 18.8 Å². The second-order valence-corrected chi connectivity index (χ2v) is 7.32. The predicted octanol–water partition coefficient (Wildman–Crippen LogP) is 4.70. The van der Waals surface area contributed by atoms with Gasteiger partial charge in [0.2, 0.25) is 11.1 Å². The Balaban J connectivity index is 2.51. The summed E-state index contributed by atoms with van der Waals surface area (Å²) in [5, 5.41) is 0.382. The van der Waals surface area contributed by atoms with Crippen molar-refractivity contribution in [1.29, 1.82) is 0 Å². The number of carbonyl (C=O) groups is 1. The SMILES string of the molecule is CCOc1cccc([P+](=O)C(=O)c2c(C)cc(C)cc2C)c1OCC. The molecule has 132 valence electrons. The third-order valence-electron chi connectivity index (χ3n) is 3.84. The Bertz CT molecular complexity index is 788. The number of para-hydroxylation sites is 1. The number of ether oxygens (including phenoxy) is 2. The van der Waals surface area contributed by atoms with Crippen LogP contribution in [0.5, 0.6) is 11.5 Å². The second-order valence-electron chi connectivity index (χ2n) is 5.84. The maximum absolute atomic E-state index is 13.0. The molecule has 0 radical (unpaired) electrons. The lowest BCUT2D eigenvalue weighted by Gasteiger charge is -2.10. The first-order chi connectivity index (χ1) is 11.9. The van der Waals surface area contributed by atoms with E-state index in [-0.39, 0.29) is 5.52 Å². The van der Waals surface area contributed by atoms with E-state index in [1.807, 2.05) is 46.8 Å². The summed E-state index contributed by atoms with van der Waals surface area (Å²) in [5.74, 6) is 0.902. The Morgan fingerprint density at radius 3 is 2.16 bits per heavy atom. The van der Waals surface area contributed by atoms with Crippen LogP contribution in [-0.2, 0) is 4.57 Å². The zero-order chi connectivity index (χ0) is 18.6. The van der Waals surface area contributed by atoms with Crippen molar-refractivity contribution in [3.63, 3.8) is 0 Å². The predicted molar refractivity (Wildman–Crippen MR) is 101 cm³/mol. The van der Waals surface area contributed by atoms with Crippen LogP contribution in [0.2, 0.25) is 0 Å². The van der Waals surface area contributed by atoms with E-state index in [2.05, 4.69) is 0 Å². The van der Waals surface area contributed by atoms with Gasteiger partial charge in [0.05, 0.1) is 18.8 Å². The lowest BCUT2D eigenvalue weighted by molar-refractivity contribution is 0.107. The van der Waals surface area contributed by atoms with Gasteiger partial charge in [-0.3, -0.25) is 0 Å². The van der Waals surface area contributed by atoms with Gasteiger partial charge in [-0.1, -0.05) is 28.3 Å². The maximum atomic E-state index is 13.0. The highest BCUT2D eigenvalue weighted by molar-refractivity contribution is 7.71. The van der Waals surface area contributed by atoms with Gasteiger partial charge in [-0.2, -0.15) is 0 Å².